The fraction of sp³-hybridized carbons (Fsp3) is 0.485. The Morgan fingerprint density at radius 3 is 2.21 bits per heavy atom. The summed E-state index contributed by atoms with van der Waals surface area (Å²) in [6.45, 7) is 2.94. The van der Waals surface area contributed by atoms with Crippen molar-refractivity contribution in [3.63, 3.8) is 0 Å². The zero-order chi connectivity index (χ0) is 30.0. The van der Waals surface area contributed by atoms with E-state index in [1.54, 1.807) is 24.3 Å². The monoisotopic (exact) mass is 588 g/mol. The van der Waals surface area contributed by atoms with Crippen molar-refractivity contribution in [1.82, 2.24) is 20.8 Å². The number of carbonyl (C=O) groups excluding carboxylic acids is 3. The van der Waals surface area contributed by atoms with Gasteiger partial charge in [0.25, 0.3) is 5.91 Å². The van der Waals surface area contributed by atoms with Crippen LogP contribution in [0, 0.1) is 11.8 Å². The topological polar surface area (TPSA) is 133 Å². The Kier molecular flexibility index (Phi) is 10.4. The molecule has 0 radical (unpaired) electrons. The number of carbonyl (C=O) groups is 3. The van der Waals surface area contributed by atoms with Crippen molar-refractivity contribution in [2.24, 2.45) is 11.8 Å². The van der Waals surface area contributed by atoms with Crippen LogP contribution in [0.25, 0.3) is 11.4 Å². The van der Waals surface area contributed by atoms with Crippen LogP contribution in [0.5, 0.6) is 5.75 Å². The quantitative estimate of drug-likeness (QED) is 0.235. The molecular weight excluding hydrogens is 548 g/mol. The van der Waals surface area contributed by atoms with E-state index >= 15 is 0 Å². The van der Waals surface area contributed by atoms with Gasteiger partial charge in [0, 0.05) is 36.1 Å². The molecule has 228 valence electrons. The van der Waals surface area contributed by atoms with Gasteiger partial charge in [0.1, 0.15) is 5.75 Å². The van der Waals surface area contributed by atoms with Crippen molar-refractivity contribution in [1.29, 1.82) is 0 Å². The lowest BCUT2D eigenvalue weighted by Crippen LogP contribution is -2.38. The molecule has 43 heavy (non-hydrogen) atoms. The third-order valence-electron chi connectivity index (χ3n) is 8.34. The Labute approximate surface area is 251 Å². The predicted octanol–water partition coefficient (Wildman–Crippen LogP) is 5.06. The van der Waals surface area contributed by atoms with Crippen LogP contribution in [0.1, 0.15) is 80.5 Å². The molecule has 2 aliphatic carbocycles. The van der Waals surface area contributed by atoms with E-state index in [1.807, 2.05) is 37.3 Å². The fourth-order valence-corrected chi connectivity index (χ4v) is 5.87. The lowest BCUT2D eigenvalue weighted by atomic mass is 9.81. The van der Waals surface area contributed by atoms with E-state index < -0.39 is 0 Å². The van der Waals surface area contributed by atoms with Crippen LogP contribution in [0.2, 0.25) is 0 Å². The first kappa shape index (κ1) is 30.3. The second-order valence-corrected chi connectivity index (χ2v) is 11.3. The summed E-state index contributed by atoms with van der Waals surface area (Å²) in [6.07, 6.45) is 6.33. The van der Waals surface area contributed by atoms with E-state index in [1.165, 1.54) is 0 Å². The highest BCUT2D eigenvalue weighted by Crippen LogP contribution is 2.36. The van der Waals surface area contributed by atoms with Gasteiger partial charge in [-0.3, -0.25) is 14.4 Å². The molecule has 0 spiro atoms. The van der Waals surface area contributed by atoms with Crippen LogP contribution in [0.4, 0.5) is 0 Å². The van der Waals surface area contributed by atoms with Crippen molar-refractivity contribution < 1.29 is 28.4 Å². The lowest BCUT2D eigenvalue weighted by Gasteiger charge is -2.27. The van der Waals surface area contributed by atoms with Gasteiger partial charge in [-0.05, 0) is 82.6 Å². The summed E-state index contributed by atoms with van der Waals surface area (Å²) in [6, 6.07) is 16.8. The molecule has 10 nitrogen and oxygen atoms in total. The first-order valence-corrected chi connectivity index (χ1v) is 15.4. The number of esters is 1. The van der Waals surface area contributed by atoms with Gasteiger partial charge >= 0.3 is 5.97 Å². The van der Waals surface area contributed by atoms with Gasteiger partial charge in [-0.2, -0.15) is 4.98 Å². The molecule has 5 rings (SSSR count). The second-order valence-electron chi connectivity index (χ2n) is 11.3. The molecule has 2 fully saturated rings. The molecule has 1 aromatic heterocycles. The highest BCUT2D eigenvalue weighted by molar-refractivity contribution is 5.94. The number of benzene rings is 2. The fourth-order valence-electron chi connectivity index (χ4n) is 5.87. The summed E-state index contributed by atoms with van der Waals surface area (Å²) in [4.78, 5) is 41.8. The average Bonchev–Trinajstić information content (AvgIpc) is 3.55. The van der Waals surface area contributed by atoms with Gasteiger partial charge in [0.2, 0.25) is 17.6 Å². The minimum Gasteiger partial charge on any atom is -0.490 e. The molecule has 2 saturated carbocycles. The van der Waals surface area contributed by atoms with Crippen LogP contribution >= 0.6 is 0 Å². The highest BCUT2D eigenvalue weighted by Gasteiger charge is 2.30. The van der Waals surface area contributed by atoms with E-state index in [-0.39, 0.29) is 41.6 Å². The van der Waals surface area contributed by atoms with Crippen molar-refractivity contribution in [2.75, 3.05) is 19.7 Å². The standard InChI is InChI=1S/C33H40N4O6/c1-2-41-33(40)26-14-18-28(19-15-26)42-27-16-12-24(13-17-27)31(39)35-21-20-34-30(38)23-8-10-25(11-9-23)32-36-29(37-43-32)22-6-4-3-5-7-22/h3-7,12-13,16-17,23,25-26,28H,2,8-11,14-15,18-21H2,1H3,(H,34,38)(H,35,39). The van der Waals surface area contributed by atoms with Crippen LogP contribution < -0.4 is 15.4 Å². The second kappa shape index (κ2) is 14.8. The van der Waals surface area contributed by atoms with Gasteiger partial charge in [-0.25, -0.2) is 0 Å². The first-order chi connectivity index (χ1) is 21.0. The summed E-state index contributed by atoms with van der Waals surface area (Å²) < 4.78 is 16.7. The minimum absolute atomic E-state index is 0.0148. The predicted molar refractivity (Wildman–Crippen MR) is 159 cm³/mol. The summed E-state index contributed by atoms with van der Waals surface area (Å²) in [5.41, 5.74) is 1.45. The molecule has 2 aromatic carbocycles. The molecule has 10 heteroatoms. The van der Waals surface area contributed by atoms with E-state index in [0.29, 0.717) is 42.7 Å². The molecule has 0 aliphatic heterocycles. The number of hydrogen-bond acceptors (Lipinski definition) is 8. The molecule has 2 N–H and O–H groups in total. The molecule has 0 bridgehead atoms. The minimum atomic E-state index is -0.203. The molecule has 2 amide bonds. The van der Waals surface area contributed by atoms with Crippen molar-refractivity contribution in [3.8, 4) is 17.1 Å². The molecule has 2 aliphatic rings. The molecule has 0 saturated heterocycles. The number of nitrogens with one attached hydrogen (secondary N) is 2. The third kappa shape index (κ3) is 8.21. The van der Waals surface area contributed by atoms with Gasteiger partial charge in [0.05, 0.1) is 18.6 Å². The van der Waals surface area contributed by atoms with Crippen LogP contribution in [-0.4, -0.2) is 53.7 Å². The number of aromatic nitrogens is 2. The van der Waals surface area contributed by atoms with Gasteiger partial charge < -0.3 is 24.6 Å². The number of ether oxygens (including phenoxy) is 2. The summed E-state index contributed by atoms with van der Waals surface area (Å²) >= 11 is 0. The van der Waals surface area contributed by atoms with E-state index in [0.717, 1.165) is 56.9 Å². The maximum atomic E-state index is 12.7. The normalized spacial score (nSPS) is 21.9. The molecule has 0 unspecified atom stereocenters. The Morgan fingerprint density at radius 2 is 1.51 bits per heavy atom. The summed E-state index contributed by atoms with van der Waals surface area (Å²) in [7, 11) is 0. The molecule has 3 aromatic rings. The van der Waals surface area contributed by atoms with Crippen molar-refractivity contribution in [2.45, 2.75) is 70.3 Å². The van der Waals surface area contributed by atoms with E-state index in [4.69, 9.17) is 14.0 Å². The van der Waals surface area contributed by atoms with Crippen LogP contribution in [0.15, 0.2) is 59.1 Å². The van der Waals surface area contributed by atoms with Crippen molar-refractivity contribution in [3.05, 3.63) is 66.1 Å². The van der Waals surface area contributed by atoms with Gasteiger partial charge in [0.15, 0.2) is 0 Å². The Bertz CT molecular complexity index is 1340. The lowest BCUT2D eigenvalue weighted by molar-refractivity contribution is -0.149. The zero-order valence-electron chi connectivity index (χ0n) is 24.6. The molecular formula is C33H40N4O6. The van der Waals surface area contributed by atoms with Crippen LogP contribution in [-0.2, 0) is 14.3 Å². The van der Waals surface area contributed by atoms with Crippen molar-refractivity contribution >= 4 is 17.8 Å². The van der Waals surface area contributed by atoms with E-state index in [2.05, 4.69) is 20.8 Å². The summed E-state index contributed by atoms with van der Waals surface area (Å²) in [5, 5.41) is 9.94. The number of nitrogens with zero attached hydrogens (tertiary/aromatic N) is 2. The average molecular weight is 589 g/mol. The van der Waals surface area contributed by atoms with Gasteiger partial charge in [-0.1, -0.05) is 35.5 Å². The highest BCUT2D eigenvalue weighted by atomic mass is 16.5. The molecule has 0 atom stereocenters. The first-order valence-electron chi connectivity index (χ1n) is 15.4. The number of hydrogen-bond donors (Lipinski definition) is 2. The Balaban J connectivity index is 0.971. The SMILES string of the molecule is CCOC(=O)C1CCC(Oc2ccc(C(=O)NCCNC(=O)C3CCC(c4nc(-c5ccccc5)no4)CC3)cc2)CC1. The Hall–Kier alpha value is -4.21. The van der Waals surface area contributed by atoms with E-state index in [9.17, 15) is 14.4 Å². The molecule has 1 heterocycles. The number of rotatable bonds is 11. The maximum Gasteiger partial charge on any atom is 0.308 e. The maximum absolute atomic E-state index is 12.7. The zero-order valence-corrected chi connectivity index (χ0v) is 24.6. The summed E-state index contributed by atoms with van der Waals surface area (Å²) in [5.74, 6) is 1.69. The smallest absolute Gasteiger partial charge is 0.308 e. The Morgan fingerprint density at radius 1 is 0.837 bits per heavy atom. The van der Waals surface area contributed by atoms with Crippen LogP contribution in [0.3, 0.4) is 0 Å². The number of amides is 2. The van der Waals surface area contributed by atoms with Gasteiger partial charge in [-0.15, -0.1) is 0 Å². The third-order valence-corrected chi connectivity index (χ3v) is 8.34. The largest absolute Gasteiger partial charge is 0.490 e.